The van der Waals surface area contributed by atoms with E-state index in [1.807, 2.05) is 0 Å². The van der Waals surface area contributed by atoms with E-state index in [1.165, 1.54) is 35.1 Å². The fourth-order valence-corrected chi connectivity index (χ4v) is 3.08. The minimum Gasteiger partial charge on any atom is -0.483 e. The van der Waals surface area contributed by atoms with Gasteiger partial charge in [-0.05, 0) is 42.0 Å². The molecule has 10 heteroatoms. The van der Waals surface area contributed by atoms with Crippen molar-refractivity contribution in [3.05, 3.63) is 100 Å². The Labute approximate surface area is 185 Å². The number of nitrogens with one attached hydrogen (secondary N) is 1. The molecule has 0 radical (unpaired) electrons. The number of carbonyl (C=O) groups is 1. The molecule has 32 heavy (non-hydrogen) atoms. The van der Waals surface area contributed by atoms with E-state index in [1.54, 1.807) is 12.3 Å². The van der Waals surface area contributed by atoms with Crippen molar-refractivity contribution in [1.82, 2.24) is 9.78 Å². The Balaban J connectivity index is 1.35. The van der Waals surface area contributed by atoms with Gasteiger partial charge in [0, 0.05) is 17.3 Å². The first-order valence-corrected chi connectivity index (χ1v) is 9.69. The molecule has 0 aliphatic rings. The molecule has 0 saturated carbocycles. The average molecular weight is 462 g/mol. The van der Waals surface area contributed by atoms with E-state index in [2.05, 4.69) is 10.4 Å². The molecular formula is C22H15ClF3N3O3. The summed E-state index contributed by atoms with van der Waals surface area (Å²) >= 11 is 6.02. The standard InChI is InChI=1S/C22H15ClF3N3O3/c23-18-7-14(24)2-1-13(18)10-29-11-16(9-27-29)28-22(30)21-6-4-17(32-21)12-31-20-5-3-15(25)8-19(20)26/h1-9,11H,10,12H2,(H,28,30). The van der Waals surface area contributed by atoms with Gasteiger partial charge in [0.05, 0.1) is 18.4 Å². The van der Waals surface area contributed by atoms with Crippen LogP contribution in [0, 0.1) is 17.5 Å². The molecule has 1 amide bonds. The predicted octanol–water partition coefficient (Wildman–Crippen LogP) is 5.43. The average Bonchev–Trinajstić information content (AvgIpc) is 3.39. The van der Waals surface area contributed by atoms with E-state index in [0.29, 0.717) is 17.3 Å². The second kappa shape index (κ2) is 9.19. The van der Waals surface area contributed by atoms with E-state index in [-0.39, 0.29) is 35.4 Å². The smallest absolute Gasteiger partial charge is 0.291 e. The molecule has 0 atom stereocenters. The number of nitrogens with zero attached hydrogens (tertiary/aromatic N) is 2. The zero-order valence-electron chi connectivity index (χ0n) is 16.3. The monoisotopic (exact) mass is 461 g/mol. The van der Waals surface area contributed by atoms with E-state index in [0.717, 1.165) is 12.1 Å². The van der Waals surface area contributed by atoms with Crippen LogP contribution >= 0.6 is 11.6 Å². The van der Waals surface area contributed by atoms with Gasteiger partial charge in [0.1, 0.15) is 24.0 Å². The largest absolute Gasteiger partial charge is 0.483 e. The predicted molar refractivity (Wildman–Crippen MR) is 110 cm³/mol. The summed E-state index contributed by atoms with van der Waals surface area (Å²) in [6, 6.07) is 9.97. The molecule has 1 N–H and O–H groups in total. The number of halogens is 4. The van der Waals surface area contributed by atoms with Crippen LogP contribution in [0.5, 0.6) is 5.75 Å². The second-order valence-electron chi connectivity index (χ2n) is 6.75. The molecule has 0 aliphatic heterocycles. The summed E-state index contributed by atoms with van der Waals surface area (Å²) in [5.74, 6) is -2.35. The zero-order chi connectivity index (χ0) is 22.7. The van der Waals surface area contributed by atoms with Gasteiger partial charge in [-0.2, -0.15) is 5.10 Å². The summed E-state index contributed by atoms with van der Waals surface area (Å²) in [6.07, 6.45) is 3.03. The lowest BCUT2D eigenvalue weighted by molar-refractivity contribution is 0.0992. The number of hydrogen-bond donors (Lipinski definition) is 1. The Kier molecular flexibility index (Phi) is 6.18. The molecule has 0 fully saturated rings. The topological polar surface area (TPSA) is 69.3 Å². The number of furan rings is 1. The Morgan fingerprint density at radius 3 is 2.66 bits per heavy atom. The number of benzene rings is 2. The Morgan fingerprint density at radius 2 is 1.88 bits per heavy atom. The number of carbonyl (C=O) groups excluding carboxylic acids is 1. The highest BCUT2D eigenvalue weighted by Gasteiger charge is 2.14. The van der Waals surface area contributed by atoms with Gasteiger partial charge in [-0.3, -0.25) is 9.48 Å². The van der Waals surface area contributed by atoms with Crippen LogP contribution in [-0.4, -0.2) is 15.7 Å². The van der Waals surface area contributed by atoms with Gasteiger partial charge < -0.3 is 14.5 Å². The van der Waals surface area contributed by atoms with E-state index >= 15 is 0 Å². The number of ether oxygens (including phenoxy) is 1. The Bertz CT molecular complexity index is 1270. The minimum atomic E-state index is -0.839. The summed E-state index contributed by atoms with van der Waals surface area (Å²) < 4.78 is 51.9. The normalized spacial score (nSPS) is 10.9. The van der Waals surface area contributed by atoms with Gasteiger partial charge in [0.15, 0.2) is 17.3 Å². The highest BCUT2D eigenvalue weighted by molar-refractivity contribution is 6.31. The number of aromatic nitrogens is 2. The molecule has 2 heterocycles. The first kappa shape index (κ1) is 21.5. The van der Waals surface area contributed by atoms with Crippen LogP contribution < -0.4 is 10.1 Å². The highest BCUT2D eigenvalue weighted by Crippen LogP contribution is 2.21. The van der Waals surface area contributed by atoms with Gasteiger partial charge in [-0.15, -0.1) is 0 Å². The molecule has 164 valence electrons. The number of rotatable bonds is 7. The molecule has 0 spiro atoms. The molecule has 4 aromatic rings. The van der Waals surface area contributed by atoms with Gasteiger partial charge >= 0.3 is 0 Å². The zero-order valence-corrected chi connectivity index (χ0v) is 17.1. The quantitative estimate of drug-likeness (QED) is 0.398. The van der Waals surface area contributed by atoms with Gasteiger partial charge in [0.25, 0.3) is 5.91 Å². The van der Waals surface area contributed by atoms with Gasteiger partial charge in [-0.1, -0.05) is 17.7 Å². The SMILES string of the molecule is O=C(Nc1cnn(Cc2ccc(F)cc2Cl)c1)c1ccc(COc2ccc(F)cc2F)o1. The fraction of sp³-hybridized carbons (Fsp3) is 0.0909. The van der Waals surface area contributed by atoms with E-state index < -0.39 is 23.4 Å². The summed E-state index contributed by atoms with van der Waals surface area (Å²) in [7, 11) is 0. The maximum atomic E-state index is 13.6. The van der Waals surface area contributed by atoms with Crippen LogP contribution in [0.1, 0.15) is 21.9 Å². The van der Waals surface area contributed by atoms with Crippen molar-refractivity contribution < 1.29 is 27.1 Å². The lowest BCUT2D eigenvalue weighted by Crippen LogP contribution is -2.10. The third-order valence-corrected chi connectivity index (χ3v) is 4.74. The van der Waals surface area contributed by atoms with Crippen molar-refractivity contribution in [2.45, 2.75) is 13.2 Å². The third-order valence-electron chi connectivity index (χ3n) is 4.39. The van der Waals surface area contributed by atoms with Crippen LogP contribution in [-0.2, 0) is 13.2 Å². The van der Waals surface area contributed by atoms with Gasteiger partial charge in [-0.25, -0.2) is 13.2 Å². The van der Waals surface area contributed by atoms with Crippen LogP contribution in [0.3, 0.4) is 0 Å². The number of hydrogen-bond acceptors (Lipinski definition) is 4. The van der Waals surface area contributed by atoms with E-state index in [9.17, 15) is 18.0 Å². The van der Waals surface area contributed by atoms with Crippen LogP contribution in [0.4, 0.5) is 18.9 Å². The number of anilines is 1. The van der Waals surface area contributed by atoms with Crippen molar-refractivity contribution in [2.24, 2.45) is 0 Å². The molecule has 0 saturated heterocycles. The molecule has 6 nitrogen and oxygen atoms in total. The molecule has 0 bridgehead atoms. The second-order valence-corrected chi connectivity index (χ2v) is 7.15. The van der Waals surface area contributed by atoms with Crippen molar-refractivity contribution in [2.75, 3.05) is 5.32 Å². The molecular weight excluding hydrogens is 447 g/mol. The lowest BCUT2D eigenvalue weighted by Gasteiger charge is -2.05. The molecule has 2 aromatic carbocycles. The fourth-order valence-electron chi connectivity index (χ4n) is 2.85. The van der Waals surface area contributed by atoms with Crippen LogP contribution in [0.2, 0.25) is 5.02 Å². The Morgan fingerprint density at radius 1 is 1.09 bits per heavy atom. The van der Waals surface area contributed by atoms with Crippen molar-refractivity contribution in [3.8, 4) is 5.75 Å². The van der Waals surface area contributed by atoms with Gasteiger partial charge in [0.2, 0.25) is 0 Å². The molecule has 4 rings (SSSR count). The third kappa shape index (κ3) is 5.12. The molecule has 2 aromatic heterocycles. The van der Waals surface area contributed by atoms with Crippen LogP contribution in [0.15, 0.2) is 65.3 Å². The maximum Gasteiger partial charge on any atom is 0.291 e. The first-order chi connectivity index (χ1) is 15.4. The number of amides is 1. The van der Waals surface area contributed by atoms with Crippen molar-refractivity contribution in [1.29, 1.82) is 0 Å². The summed E-state index contributed by atoms with van der Waals surface area (Å²) in [6.45, 7) is 0.142. The first-order valence-electron chi connectivity index (χ1n) is 9.31. The summed E-state index contributed by atoms with van der Waals surface area (Å²) in [5.41, 5.74) is 1.08. The lowest BCUT2D eigenvalue weighted by atomic mass is 10.2. The summed E-state index contributed by atoms with van der Waals surface area (Å²) in [5, 5.41) is 7.06. The molecule has 0 unspecified atom stereocenters. The van der Waals surface area contributed by atoms with E-state index in [4.69, 9.17) is 20.8 Å². The molecule has 0 aliphatic carbocycles. The van der Waals surface area contributed by atoms with Crippen molar-refractivity contribution >= 4 is 23.2 Å². The van der Waals surface area contributed by atoms with Crippen molar-refractivity contribution in [3.63, 3.8) is 0 Å². The maximum absolute atomic E-state index is 13.6. The summed E-state index contributed by atoms with van der Waals surface area (Å²) in [4.78, 5) is 12.4. The van der Waals surface area contributed by atoms with Crippen LogP contribution in [0.25, 0.3) is 0 Å². The Hall–Kier alpha value is -3.72. The minimum absolute atomic E-state index is 0.0116. The highest BCUT2D eigenvalue weighted by atomic mass is 35.5.